The third-order valence-electron chi connectivity index (χ3n) is 3.70. The van der Waals surface area contributed by atoms with Crippen molar-refractivity contribution in [3.63, 3.8) is 0 Å². The molecule has 5 nitrogen and oxygen atoms in total. The number of carbonyl (C=O) groups excluding carboxylic acids is 1. The lowest BCUT2D eigenvalue weighted by Gasteiger charge is -2.07. The monoisotopic (exact) mass is 397 g/mol. The van der Waals surface area contributed by atoms with Crippen LogP contribution in [0, 0.1) is 13.8 Å². The van der Waals surface area contributed by atoms with E-state index in [0.717, 1.165) is 26.6 Å². The van der Waals surface area contributed by atoms with Gasteiger partial charge in [0, 0.05) is 21.1 Å². The molecule has 3 rings (SSSR count). The minimum Gasteiger partial charge on any atom is -0.507 e. The minimum absolute atomic E-state index is 0.0852. The molecule has 0 saturated heterocycles. The van der Waals surface area contributed by atoms with E-state index in [2.05, 4.69) is 31.4 Å². The molecule has 1 amide bonds. The molecular weight excluding hydrogens is 382 g/mol. The molecule has 1 heterocycles. The molecule has 2 N–H and O–H groups in total. The van der Waals surface area contributed by atoms with Crippen LogP contribution in [0.5, 0.6) is 5.75 Å². The average Bonchev–Trinajstić information content (AvgIpc) is 2.57. The summed E-state index contributed by atoms with van der Waals surface area (Å²) >= 11 is 3.33. The van der Waals surface area contributed by atoms with Crippen molar-refractivity contribution in [2.24, 2.45) is 5.10 Å². The van der Waals surface area contributed by atoms with Crippen LogP contribution in [0.1, 0.15) is 27.2 Å². The van der Waals surface area contributed by atoms with Crippen LogP contribution in [0.2, 0.25) is 0 Å². The summed E-state index contributed by atoms with van der Waals surface area (Å²) in [5.41, 5.74) is 6.10. The first-order chi connectivity index (χ1) is 11.9. The molecule has 0 fully saturated rings. The van der Waals surface area contributed by atoms with Crippen LogP contribution in [0.3, 0.4) is 0 Å². The molecule has 0 aliphatic heterocycles. The first-order valence-corrected chi connectivity index (χ1v) is 8.43. The fourth-order valence-electron chi connectivity index (χ4n) is 2.51. The van der Waals surface area contributed by atoms with E-state index in [4.69, 9.17) is 0 Å². The van der Waals surface area contributed by atoms with Crippen molar-refractivity contribution in [3.05, 3.63) is 69.3 Å². The molecule has 0 saturated carbocycles. The van der Waals surface area contributed by atoms with Gasteiger partial charge < -0.3 is 5.11 Å². The zero-order valence-corrected chi connectivity index (χ0v) is 15.3. The van der Waals surface area contributed by atoms with Crippen LogP contribution in [-0.4, -0.2) is 22.2 Å². The summed E-state index contributed by atoms with van der Waals surface area (Å²) in [6.07, 6.45) is 1.40. The molecule has 6 heteroatoms. The van der Waals surface area contributed by atoms with Crippen LogP contribution in [-0.2, 0) is 0 Å². The zero-order chi connectivity index (χ0) is 18.0. The van der Waals surface area contributed by atoms with Crippen molar-refractivity contribution in [3.8, 4) is 5.75 Å². The van der Waals surface area contributed by atoms with Crippen molar-refractivity contribution in [1.29, 1.82) is 0 Å². The number of amides is 1. The van der Waals surface area contributed by atoms with Crippen LogP contribution in [0.15, 0.2) is 52.0 Å². The number of pyridine rings is 1. The van der Waals surface area contributed by atoms with E-state index in [0.29, 0.717) is 11.1 Å². The van der Waals surface area contributed by atoms with Gasteiger partial charge in [0.15, 0.2) is 0 Å². The van der Waals surface area contributed by atoms with Crippen LogP contribution in [0.4, 0.5) is 0 Å². The van der Waals surface area contributed by atoms with Gasteiger partial charge in [-0.3, -0.25) is 9.78 Å². The van der Waals surface area contributed by atoms with E-state index in [1.807, 2.05) is 32.0 Å². The maximum atomic E-state index is 12.5. The number of carbonyl (C=O) groups is 1. The number of aromatic hydroxyl groups is 1. The van der Waals surface area contributed by atoms with E-state index in [1.54, 1.807) is 24.3 Å². The molecule has 0 unspecified atom stereocenters. The summed E-state index contributed by atoms with van der Waals surface area (Å²) in [5, 5.41) is 14.5. The summed E-state index contributed by atoms with van der Waals surface area (Å²) in [6.45, 7) is 3.81. The number of aromatic nitrogens is 1. The number of rotatable bonds is 3. The van der Waals surface area contributed by atoms with Crippen molar-refractivity contribution in [1.82, 2.24) is 10.4 Å². The van der Waals surface area contributed by atoms with Gasteiger partial charge in [0.05, 0.1) is 17.3 Å². The Balaban J connectivity index is 1.89. The topological polar surface area (TPSA) is 74.6 Å². The van der Waals surface area contributed by atoms with Gasteiger partial charge in [-0.1, -0.05) is 27.6 Å². The summed E-state index contributed by atoms with van der Waals surface area (Å²) in [7, 11) is 0. The first-order valence-electron chi connectivity index (χ1n) is 7.64. The van der Waals surface area contributed by atoms with E-state index in [1.165, 1.54) is 6.21 Å². The molecule has 0 spiro atoms. The molecule has 0 atom stereocenters. The summed E-state index contributed by atoms with van der Waals surface area (Å²) in [6, 6.07) is 12.5. The lowest BCUT2D eigenvalue weighted by Crippen LogP contribution is -2.18. The lowest BCUT2D eigenvalue weighted by molar-refractivity contribution is 0.0956. The maximum Gasteiger partial charge on any atom is 0.272 e. The Morgan fingerprint density at radius 3 is 2.80 bits per heavy atom. The van der Waals surface area contributed by atoms with Gasteiger partial charge in [0.25, 0.3) is 5.91 Å². The summed E-state index contributed by atoms with van der Waals surface area (Å²) < 4.78 is 0.810. The van der Waals surface area contributed by atoms with Crippen LogP contribution < -0.4 is 5.43 Å². The van der Waals surface area contributed by atoms with Gasteiger partial charge >= 0.3 is 0 Å². The van der Waals surface area contributed by atoms with Crippen molar-refractivity contribution in [2.75, 3.05) is 0 Å². The third kappa shape index (κ3) is 3.85. The molecule has 3 aromatic rings. The SMILES string of the molecule is Cc1ccc2nc(C)cc(C(=O)N/N=C/c3cc(Br)ccc3O)c2c1. The van der Waals surface area contributed by atoms with Crippen LogP contribution in [0.25, 0.3) is 10.9 Å². The number of nitrogens with one attached hydrogen (secondary N) is 1. The Morgan fingerprint density at radius 1 is 1.20 bits per heavy atom. The number of benzene rings is 2. The number of hydrogen-bond donors (Lipinski definition) is 2. The Hall–Kier alpha value is -2.73. The van der Waals surface area contributed by atoms with Gasteiger partial charge in [-0.05, 0) is 50.2 Å². The van der Waals surface area contributed by atoms with Gasteiger partial charge in [-0.15, -0.1) is 0 Å². The number of phenolic OH excluding ortho intramolecular Hbond substituents is 1. The molecule has 126 valence electrons. The molecule has 25 heavy (non-hydrogen) atoms. The molecule has 0 aliphatic carbocycles. The van der Waals surface area contributed by atoms with Gasteiger partial charge in [0.2, 0.25) is 0 Å². The summed E-state index contributed by atoms with van der Waals surface area (Å²) in [5.74, 6) is -0.242. The molecule has 0 radical (unpaired) electrons. The highest BCUT2D eigenvalue weighted by atomic mass is 79.9. The highest BCUT2D eigenvalue weighted by Crippen LogP contribution is 2.21. The number of aryl methyl sites for hydroxylation is 2. The average molecular weight is 398 g/mol. The van der Waals surface area contributed by atoms with E-state index in [-0.39, 0.29) is 11.7 Å². The smallest absolute Gasteiger partial charge is 0.272 e. The predicted octanol–water partition coefficient (Wildman–Crippen LogP) is 4.08. The number of nitrogens with zero attached hydrogens (tertiary/aromatic N) is 2. The normalized spacial score (nSPS) is 11.2. The number of halogens is 1. The minimum atomic E-state index is -0.327. The molecule has 2 aromatic carbocycles. The van der Waals surface area contributed by atoms with Crippen molar-refractivity contribution < 1.29 is 9.90 Å². The first kappa shape index (κ1) is 17.1. The Morgan fingerprint density at radius 2 is 2.00 bits per heavy atom. The second-order valence-electron chi connectivity index (χ2n) is 5.73. The Kier molecular flexibility index (Phi) is 4.81. The third-order valence-corrected chi connectivity index (χ3v) is 4.19. The van der Waals surface area contributed by atoms with E-state index in [9.17, 15) is 9.90 Å². The van der Waals surface area contributed by atoms with Crippen molar-refractivity contribution in [2.45, 2.75) is 13.8 Å². The second kappa shape index (κ2) is 7.03. The van der Waals surface area contributed by atoms with Gasteiger partial charge in [-0.2, -0.15) is 5.10 Å². The highest BCUT2D eigenvalue weighted by Gasteiger charge is 2.11. The number of hydrazone groups is 1. The fourth-order valence-corrected chi connectivity index (χ4v) is 2.89. The number of fused-ring (bicyclic) bond motifs is 1. The number of phenols is 1. The lowest BCUT2D eigenvalue weighted by atomic mass is 10.1. The Labute approximate surface area is 153 Å². The van der Waals surface area contributed by atoms with Crippen LogP contribution >= 0.6 is 15.9 Å². The van der Waals surface area contributed by atoms with E-state index >= 15 is 0 Å². The molecule has 0 aliphatic rings. The molecule has 1 aromatic heterocycles. The zero-order valence-electron chi connectivity index (χ0n) is 13.7. The molecule has 0 bridgehead atoms. The largest absolute Gasteiger partial charge is 0.507 e. The standard InChI is InChI=1S/C19H16BrN3O2/c1-11-3-5-17-15(7-11)16(8-12(2)22-17)19(25)23-21-10-13-9-14(20)4-6-18(13)24/h3-10,24H,1-2H3,(H,23,25)/b21-10+. The second-order valence-corrected chi connectivity index (χ2v) is 6.65. The highest BCUT2D eigenvalue weighted by molar-refractivity contribution is 9.10. The fraction of sp³-hybridized carbons (Fsp3) is 0.105. The van der Waals surface area contributed by atoms with Gasteiger partial charge in [-0.25, -0.2) is 5.43 Å². The van der Waals surface area contributed by atoms with E-state index < -0.39 is 0 Å². The van der Waals surface area contributed by atoms with Gasteiger partial charge in [0.1, 0.15) is 5.75 Å². The van der Waals surface area contributed by atoms with Crippen molar-refractivity contribution >= 4 is 39.0 Å². The predicted molar refractivity (Wildman–Crippen MR) is 102 cm³/mol. The number of hydrogen-bond acceptors (Lipinski definition) is 4. The summed E-state index contributed by atoms with van der Waals surface area (Å²) in [4.78, 5) is 17.0. The molecular formula is C19H16BrN3O2. The maximum absolute atomic E-state index is 12.5. The Bertz CT molecular complexity index is 999. The quantitative estimate of drug-likeness (QED) is 0.516.